The van der Waals surface area contributed by atoms with Crippen molar-refractivity contribution < 1.29 is 9.21 Å². The Labute approximate surface area is 131 Å². The van der Waals surface area contributed by atoms with Gasteiger partial charge in [-0.3, -0.25) is 9.78 Å². The number of aryl methyl sites for hydroxylation is 2. The summed E-state index contributed by atoms with van der Waals surface area (Å²) in [5.41, 5.74) is 1.28. The Kier molecular flexibility index (Phi) is 4.96. The molecule has 118 valence electrons. The number of amides is 1. The molecule has 0 aromatic carbocycles. The van der Waals surface area contributed by atoms with E-state index in [0.29, 0.717) is 12.2 Å². The van der Waals surface area contributed by atoms with E-state index < -0.39 is 0 Å². The zero-order valence-corrected chi connectivity index (χ0v) is 13.6. The maximum absolute atomic E-state index is 11.8. The quantitative estimate of drug-likeness (QED) is 0.862. The largest absolute Gasteiger partial charge is 0.445 e. The summed E-state index contributed by atoms with van der Waals surface area (Å²) >= 11 is 0. The van der Waals surface area contributed by atoms with Crippen LogP contribution in [0.15, 0.2) is 28.8 Å². The molecule has 1 N–H and O–H groups in total. The third-order valence-electron chi connectivity index (χ3n) is 3.30. The summed E-state index contributed by atoms with van der Waals surface area (Å²) in [6, 6.07) is 5.29. The molecule has 0 radical (unpaired) electrons. The Morgan fingerprint density at radius 3 is 2.68 bits per heavy atom. The highest BCUT2D eigenvalue weighted by molar-refractivity contribution is 5.92. The summed E-state index contributed by atoms with van der Waals surface area (Å²) in [5, 5.41) is 2.86. The third kappa shape index (κ3) is 4.16. The second-order valence-electron chi connectivity index (χ2n) is 6.35. The molecule has 0 bridgehead atoms. The Morgan fingerprint density at radius 1 is 1.32 bits per heavy atom. The monoisotopic (exact) mass is 301 g/mol. The normalized spacial score (nSPS) is 11.5. The van der Waals surface area contributed by atoms with Crippen LogP contribution in [0.1, 0.15) is 55.0 Å². The minimum absolute atomic E-state index is 0.0871. The van der Waals surface area contributed by atoms with Crippen LogP contribution in [-0.2, 0) is 11.8 Å². The first-order valence-electron chi connectivity index (χ1n) is 7.54. The van der Waals surface area contributed by atoms with Crippen molar-refractivity contribution in [2.45, 2.75) is 46.0 Å². The van der Waals surface area contributed by atoms with Crippen molar-refractivity contribution >= 4 is 5.91 Å². The van der Waals surface area contributed by atoms with Crippen molar-refractivity contribution in [1.29, 1.82) is 0 Å². The van der Waals surface area contributed by atoms with Crippen LogP contribution in [0, 0.1) is 6.92 Å². The molecule has 0 saturated carbocycles. The molecular weight excluding hydrogens is 278 g/mol. The number of hydrogen-bond acceptors (Lipinski definition) is 4. The van der Waals surface area contributed by atoms with E-state index >= 15 is 0 Å². The average molecular weight is 301 g/mol. The van der Waals surface area contributed by atoms with E-state index in [1.165, 1.54) is 0 Å². The van der Waals surface area contributed by atoms with Crippen LogP contribution in [0.5, 0.6) is 0 Å². The van der Waals surface area contributed by atoms with Crippen molar-refractivity contribution in [3.8, 4) is 0 Å². The van der Waals surface area contributed by atoms with Crippen molar-refractivity contribution in [1.82, 2.24) is 15.3 Å². The highest BCUT2D eigenvalue weighted by atomic mass is 16.4. The Bertz CT molecular complexity index is 627. The Balaban J connectivity index is 1.82. The molecule has 0 aliphatic carbocycles. The van der Waals surface area contributed by atoms with Crippen LogP contribution in [0.2, 0.25) is 0 Å². The number of oxazole rings is 1. The van der Waals surface area contributed by atoms with Gasteiger partial charge < -0.3 is 9.73 Å². The van der Waals surface area contributed by atoms with Gasteiger partial charge in [0.05, 0.1) is 5.69 Å². The highest BCUT2D eigenvalue weighted by Crippen LogP contribution is 2.24. The number of hydrogen-bond donors (Lipinski definition) is 1. The van der Waals surface area contributed by atoms with Gasteiger partial charge in [-0.1, -0.05) is 26.8 Å². The summed E-state index contributed by atoms with van der Waals surface area (Å²) < 4.78 is 5.83. The summed E-state index contributed by atoms with van der Waals surface area (Å²) in [5.74, 6) is 1.51. The lowest BCUT2D eigenvalue weighted by atomic mass is 9.97. The van der Waals surface area contributed by atoms with Gasteiger partial charge in [-0.25, -0.2) is 4.98 Å². The molecule has 2 aromatic rings. The van der Waals surface area contributed by atoms with Crippen molar-refractivity contribution in [3.05, 3.63) is 47.4 Å². The smallest absolute Gasteiger partial charge is 0.269 e. The maximum Gasteiger partial charge on any atom is 0.269 e. The fourth-order valence-corrected chi connectivity index (χ4v) is 2.02. The molecule has 0 atom stereocenters. The van der Waals surface area contributed by atoms with Crippen molar-refractivity contribution in [2.75, 3.05) is 6.54 Å². The second-order valence-corrected chi connectivity index (χ2v) is 6.35. The van der Waals surface area contributed by atoms with Crippen LogP contribution in [0.25, 0.3) is 0 Å². The number of carbonyl (C=O) groups excluding carboxylic acids is 1. The van der Waals surface area contributed by atoms with Crippen LogP contribution >= 0.6 is 0 Å². The maximum atomic E-state index is 11.8. The average Bonchev–Trinajstić information content (AvgIpc) is 2.86. The molecule has 0 aliphatic heterocycles. The topological polar surface area (TPSA) is 68.0 Å². The van der Waals surface area contributed by atoms with Gasteiger partial charge in [0.15, 0.2) is 5.89 Å². The number of rotatable bonds is 5. The van der Waals surface area contributed by atoms with Gasteiger partial charge in [-0.15, -0.1) is 0 Å². The first-order valence-corrected chi connectivity index (χ1v) is 7.54. The van der Waals surface area contributed by atoms with E-state index in [1.54, 1.807) is 24.4 Å². The van der Waals surface area contributed by atoms with Crippen molar-refractivity contribution in [2.24, 2.45) is 0 Å². The predicted octanol–water partition coefficient (Wildman–Crippen LogP) is 3.04. The van der Waals surface area contributed by atoms with Crippen LogP contribution in [0.3, 0.4) is 0 Å². The number of carbonyl (C=O) groups is 1. The van der Waals surface area contributed by atoms with Gasteiger partial charge in [0, 0.05) is 24.6 Å². The molecule has 0 saturated heterocycles. The standard InChI is InChI=1S/C17H23N3O2/c1-12-14(22-16(20-12)17(2,3)4)9-7-11-19-15(21)13-8-5-6-10-18-13/h5-6,8,10H,7,9,11H2,1-4H3,(H,19,21). The van der Waals surface area contributed by atoms with Crippen molar-refractivity contribution in [3.63, 3.8) is 0 Å². The molecule has 1 amide bonds. The fourth-order valence-electron chi connectivity index (χ4n) is 2.02. The van der Waals surface area contributed by atoms with Gasteiger partial charge in [0.2, 0.25) is 0 Å². The van der Waals surface area contributed by atoms with E-state index in [0.717, 1.165) is 30.2 Å². The summed E-state index contributed by atoms with van der Waals surface area (Å²) in [4.78, 5) is 20.3. The molecule has 0 fully saturated rings. The summed E-state index contributed by atoms with van der Waals surface area (Å²) in [7, 11) is 0. The molecule has 2 aromatic heterocycles. The molecule has 5 heteroatoms. The van der Waals surface area contributed by atoms with Crippen LogP contribution in [0.4, 0.5) is 0 Å². The molecule has 2 rings (SSSR count). The number of pyridine rings is 1. The first-order chi connectivity index (χ1) is 10.4. The van der Waals surface area contributed by atoms with E-state index in [1.807, 2.05) is 6.92 Å². The van der Waals surface area contributed by atoms with E-state index in [4.69, 9.17) is 4.42 Å². The van der Waals surface area contributed by atoms with Gasteiger partial charge in [-0.05, 0) is 25.5 Å². The zero-order valence-electron chi connectivity index (χ0n) is 13.6. The highest BCUT2D eigenvalue weighted by Gasteiger charge is 2.22. The molecule has 2 heterocycles. The SMILES string of the molecule is Cc1nc(C(C)(C)C)oc1CCCNC(=O)c1ccccn1. The van der Waals surface area contributed by atoms with E-state index in [9.17, 15) is 4.79 Å². The predicted molar refractivity (Wildman–Crippen MR) is 84.8 cm³/mol. The third-order valence-corrected chi connectivity index (χ3v) is 3.30. The zero-order chi connectivity index (χ0) is 16.2. The lowest BCUT2D eigenvalue weighted by Gasteiger charge is -2.12. The Hall–Kier alpha value is -2.17. The Morgan fingerprint density at radius 2 is 2.09 bits per heavy atom. The summed E-state index contributed by atoms with van der Waals surface area (Å²) in [6.07, 6.45) is 3.18. The van der Waals surface area contributed by atoms with Gasteiger partial charge in [-0.2, -0.15) is 0 Å². The number of nitrogens with zero attached hydrogens (tertiary/aromatic N) is 2. The van der Waals surface area contributed by atoms with Gasteiger partial charge in [0.25, 0.3) is 5.91 Å². The first kappa shape index (κ1) is 16.2. The molecule has 0 spiro atoms. The van der Waals surface area contributed by atoms with E-state index in [2.05, 4.69) is 36.1 Å². The minimum Gasteiger partial charge on any atom is -0.445 e. The molecule has 5 nitrogen and oxygen atoms in total. The molecular formula is C17H23N3O2. The molecule has 0 aliphatic rings. The van der Waals surface area contributed by atoms with Gasteiger partial charge >= 0.3 is 0 Å². The second kappa shape index (κ2) is 6.73. The lowest BCUT2D eigenvalue weighted by molar-refractivity contribution is 0.0948. The van der Waals surface area contributed by atoms with E-state index in [-0.39, 0.29) is 11.3 Å². The lowest BCUT2D eigenvalue weighted by Crippen LogP contribution is -2.25. The molecule has 0 unspecified atom stereocenters. The number of nitrogens with one attached hydrogen (secondary N) is 1. The summed E-state index contributed by atoms with van der Waals surface area (Å²) in [6.45, 7) is 8.78. The minimum atomic E-state index is -0.148. The van der Waals surface area contributed by atoms with Gasteiger partial charge in [0.1, 0.15) is 11.5 Å². The fraction of sp³-hybridized carbons (Fsp3) is 0.471. The number of aromatic nitrogens is 2. The van der Waals surface area contributed by atoms with Crippen LogP contribution < -0.4 is 5.32 Å². The molecule has 22 heavy (non-hydrogen) atoms. The van der Waals surface area contributed by atoms with Crippen LogP contribution in [-0.4, -0.2) is 22.4 Å².